The van der Waals surface area contributed by atoms with Crippen molar-refractivity contribution in [2.75, 3.05) is 0 Å². The highest BCUT2D eigenvalue weighted by molar-refractivity contribution is 9.10. The van der Waals surface area contributed by atoms with Crippen molar-refractivity contribution in [1.29, 1.82) is 0 Å². The van der Waals surface area contributed by atoms with Gasteiger partial charge in [0.25, 0.3) is 0 Å². The van der Waals surface area contributed by atoms with E-state index in [0.717, 1.165) is 22.4 Å². The van der Waals surface area contributed by atoms with Gasteiger partial charge in [0, 0.05) is 13.0 Å². The number of nitrogens with two attached hydrogens (primary N) is 1. The van der Waals surface area contributed by atoms with E-state index in [0.29, 0.717) is 12.2 Å². The molecule has 0 aliphatic rings. The number of hydrazine groups is 1. The molecule has 0 fully saturated rings. The summed E-state index contributed by atoms with van der Waals surface area (Å²) in [6.07, 6.45) is 2.15. The topological polar surface area (TPSA) is 97.4 Å². The van der Waals surface area contributed by atoms with E-state index >= 15 is 0 Å². The molecule has 0 aliphatic heterocycles. The predicted octanol–water partition coefficient (Wildman–Crippen LogP) is 0.839. The number of hydrogen-bond acceptors (Lipinski definition) is 5. The Balaban J connectivity index is 2.27. The van der Waals surface area contributed by atoms with E-state index in [4.69, 9.17) is 5.84 Å². The fourth-order valence-electron chi connectivity index (χ4n) is 1.87. The van der Waals surface area contributed by atoms with Crippen molar-refractivity contribution >= 4 is 15.9 Å². The molecule has 1 unspecified atom stereocenters. The van der Waals surface area contributed by atoms with Crippen LogP contribution in [0.15, 0.2) is 10.8 Å². The molecule has 8 heteroatoms. The lowest BCUT2D eigenvalue weighted by Crippen LogP contribution is -2.31. The molecule has 0 aliphatic carbocycles. The van der Waals surface area contributed by atoms with Crippen LogP contribution in [0.4, 0.5) is 0 Å². The van der Waals surface area contributed by atoms with Gasteiger partial charge in [-0.05, 0) is 29.8 Å². The molecule has 0 amide bonds. The zero-order chi connectivity index (χ0) is 13.1. The van der Waals surface area contributed by atoms with E-state index in [-0.39, 0.29) is 6.04 Å². The van der Waals surface area contributed by atoms with E-state index in [1.165, 1.54) is 6.33 Å². The van der Waals surface area contributed by atoms with Crippen LogP contribution in [-0.2, 0) is 13.0 Å². The van der Waals surface area contributed by atoms with Crippen LogP contribution < -0.4 is 11.3 Å². The van der Waals surface area contributed by atoms with Gasteiger partial charge in [0.2, 0.25) is 0 Å². The minimum atomic E-state index is -0.120. The third kappa shape index (κ3) is 2.45. The second-order valence-corrected chi connectivity index (χ2v) is 4.75. The lowest BCUT2D eigenvalue weighted by Gasteiger charge is -2.14. The molecule has 0 spiro atoms. The van der Waals surface area contributed by atoms with Crippen LogP contribution in [-0.4, -0.2) is 25.0 Å². The fraction of sp³-hybridized carbons (Fsp3) is 0.500. The average molecular weight is 314 g/mol. The van der Waals surface area contributed by atoms with Gasteiger partial charge in [-0.1, -0.05) is 0 Å². The van der Waals surface area contributed by atoms with Gasteiger partial charge in [0.05, 0.1) is 21.9 Å². The van der Waals surface area contributed by atoms with Crippen molar-refractivity contribution in [3.8, 4) is 0 Å². The van der Waals surface area contributed by atoms with E-state index in [1.54, 1.807) is 0 Å². The molecule has 0 saturated heterocycles. The highest BCUT2D eigenvalue weighted by atomic mass is 79.9. The average Bonchev–Trinajstić information content (AvgIpc) is 2.98. The van der Waals surface area contributed by atoms with Crippen LogP contribution in [0.2, 0.25) is 0 Å². The molecule has 2 aromatic heterocycles. The zero-order valence-electron chi connectivity index (χ0n) is 10.3. The standard InChI is InChI=1S/C10H16BrN7/c1-3-18-8(9(11)6(2)17-18)4-7(15-12)10-13-5-14-16-10/h5,7,15H,3-4,12H2,1-2H3,(H,13,14,16). The van der Waals surface area contributed by atoms with Gasteiger partial charge in [-0.25, -0.2) is 10.4 Å². The van der Waals surface area contributed by atoms with Gasteiger partial charge in [-0.15, -0.1) is 0 Å². The quantitative estimate of drug-likeness (QED) is 0.561. The number of aromatic nitrogens is 5. The Labute approximate surface area is 113 Å². The number of H-pyrrole nitrogens is 1. The molecular weight excluding hydrogens is 298 g/mol. The number of nitrogens with zero attached hydrogens (tertiary/aromatic N) is 4. The molecule has 0 bridgehead atoms. The van der Waals surface area contributed by atoms with Crippen molar-refractivity contribution < 1.29 is 0 Å². The lowest BCUT2D eigenvalue weighted by molar-refractivity contribution is 0.496. The maximum atomic E-state index is 5.58. The monoisotopic (exact) mass is 313 g/mol. The summed E-state index contributed by atoms with van der Waals surface area (Å²) in [6.45, 7) is 4.84. The number of halogens is 1. The second-order valence-electron chi connectivity index (χ2n) is 3.96. The molecule has 2 heterocycles. The maximum absolute atomic E-state index is 5.58. The van der Waals surface area contributed by atoms with Gasteiger partial charge in [0.1, 0.15) is 12.2 Å². The third-order valence-corrected chi connectivity index (χ3v) is 3.85. The van der Waals surface area contributed by atoms with Crippen LogP contribution in [0, 0.1) is 6.92 Å². The number of hydrogen-bond donors (Lipinski definition) is 3. The van der Waals surface area contributed by atoms with Crippen molar-refractivity contribution in [1.82, 2.24) is 30.4 Å². The minimum Gasteiger partial charge on any atom is -0.271 e. The van der Waals surface area contributed by atoms with Crippen molar-refractivity contribution in [3.05, 3.63) is 28.0 Å². The highest BCUT2D eigenvalue weighted by Gasteiger charge is 2.19. The van der Waals surface area contributed by atoms with Crippen molar-refractivity contribution in [2.45, 2.75) is 32.9 Å². The Morgan fingerprint density at radius 2 is 2.39 bits per heavy atom. The molecular formula is C10H16BrN7. The first-order valence-corrected chi connectivity index (χ1v) is 6.49. The predicted molar refractivity (Wildman–Crippen MR) is 70.5 cm³/mol. The molecule has 4 N–H and O–H groups in total. The van der Waals surface area contributed by atoms with Crippen molar-refractivity contribution in [3.63, 3.8) is 0 Å². The number of aromatic amines is 1. The summed E-state index contributed by atoms with van der Waals surface area (Å²) in [4.78, 5) is 4.12. The van der Waals surface area contributed by atoms with E-state index < -0.39 is 0 Å². The van der Waals surface area contributed by atoms with Gasteiger partial charge >= 0.3 is 0 Å². The first-order valence-electron chi connectivity index (χ1n) is 5.70. The Hall–Kier alpha value is -1.25. The summed E-state index contributed by atoms with van der Waals surface area (Å²) in [7, 11) is 0. The van der Waals surface area contributed by atoms with Gasteiger partial charge in [-0.3, -0.25) is 15.6 Å². The molecule has 2 aromatic rings. The summed E-state index contributed by atoms with van der Waals surface area (Å²) in [5, 5.41) is 11.1. The van der Waals surface area contributed by atoms with Crippen LogP contribution in [0.25, 0.3) is 0 Å². The normalized spacial score (nSPS) is 12.9. The Kier molecular flexibility index (Phi) is 4.10. The highest BCUT2D eigenvalue weighted by Crippen LogP contribution is 2.25. The smallest absolute Gasteiger partial charge is 0.143 e. The fourth-order valence-corrected chi connectivity index (χ4v) is 2.32. The SMILES string of the molecule is CCn1nc(C)c(Br)c1CC(NN)c1ncn[nH]1. The van der Waals surface area contributed by atoms with E-state index in [9.17, 15) is 0 Å². The molecule has 7 nitrogen and oxygen atoms in total. The van der Waals surface area contributed by atoms with Crippen LogP contribution in [0.3, 0.4) is 0 Å². The van der Waals surface area contributed by atoms with Gasteiger partial charge < -0.3 is 0 Å². The zero-order valence-corrected chi connectivity index (χ0v) is 11.9. The maximum Gasteiger partial charge on any atom is 0.143 e. The summed E-state index contributed by atoms with van der Waals surface area (Å²) < 4.78 is 2.98. The van der Waals surface area contributed by atoms with Crippen LogP contribution >= 0.6 is 15.9 Å². The molecule has 0 radical (unpaired) electrons. The summed E-state index contributed by atoms with van der Waals surface area (Å²) >= 11 is 3.56. The molecule has 0 aromatic carbocycles. The van der Waals surface area contributed by atoms with E-state index in [1.807, 2.05) is 11.6 Å². The summed E-state index contributed by atoms with van der Waals surface area (Å²) in [6, 6.07) is -0.120. The van der Waals surface area contributed by atoms with Gasteiger partial charge in [0.15, 0.2) is 0 Å². The largest absolute Gasteiger partial charge is 0.271 e. The molecule has 1 atom stereocenters. The molecule has 98 valence electrons. The molecule has 0 saturated carbocycles. The Bertz CT molecular complexity index is 505. The lowest BCUT2D eigenvalue weighted by atomic mass is 10.1. The summed E-state index contributed by atoms with van der Waals surface area (Å²) in [5.74, 6) is 6.29. The van der Waals surface area contributed by atoms with Gasteiger partial charge in [-0.2, -0.15) is 10.2 Å². The van der Waals surface area contributed by atoms with Crippen LogP contribution in [0.1, 0.15) is 30.2 Å². The minimum absolute atomic E-state index is 0.120. The third-order valence-electron chi connectivity index (χ3n) is 2.82. The summed E-state index contributed by atoms with van der Waals surface area (Å²) in [5.41, 5.74) is 4.81. The molecule has 2 rings (SSSR count). The Morgan fingerprint density at radius 3 is 2.94 bits per heavy atom. The second kappa shape index (κ2) is 5.59. The number of rotatable bonds is 5. The first-order chi connectivity index (χ1) is 8.67. The Morgan fingerprint density at radius 1 is 1.61 bits per heavy atom. The molecule has 18 heavy (non-hydrogen) atoms. The number of nitrogens with one attached hydrogen (secondary N) is 2. The van der Waals surface area contributed by atoms with Crippen molar-refractivity contribution in [2.24, 2.45) is 5.84 Å². The first kappa shape index (κ1) is 13.2. The van der Waals surface area contributed by atoms with E-state index in [2.05, 4.69) is 48.6 Å². The number of aryl methyl sites for hydroxylation is 2. The van der Waals surface area contributed by atoms with Crippen LogP contribution in [0.5, 0.6) is 0 Å².